The maximum atomic E-state index is 11.4. The Morgan fingerprint density at radius 3 is 3.00 bits per heavy atom. The minimum Gasteiger partial charge on any atom is -0.449 e. The van der Waals surface area contributed by atoms with Gasteiger partial charge in [0.05, 0.1) is 6.26 Å². The summed E-state index contributed by atoms with van der Waals surface area (Å²) in [5.41, 5.74) is 0. The van der Waals surface area contributed by atoms with Gasteiger partial charge < -0.3 is 15.1 Å². The van der Waals surface area contributed by atoms with E-state index in [1.165, 1.54) is 6.26 Å². The summed E-state index contributed by atoms with van der Waals surface area (Å²) in [5, 5.41) is 8.70. The SMILES string of the molecule is O=C(NCCN1CCNCC1)Nc1ccco1. The average molecular weight is 238 g/mol. The molecule has 0 radical (unpaired) electrons. The fourth-order valence-corrected chi connectivity index (χ4v) is 1.77. The molecule has 2 rings (SSSR count). The Balaban J connectivity index is 1.59. The van der Waals surface area contributed by atoms with Crippen molar-refractivity contribution in [3.05, 3.63) is 18.4 Å². The fraction of sp³-hybridized carbons (Fsp3) is 0.545. The van der Waals surface area contributed by atoms with Crippen molar-refractivity contribution in [2.45, 2.75) is 0 Å². The van der Waals surface area contributed by atoms with Crippen molar-refractivity contribution in [2.75, 3.05) is 44.6 Å². The van der Waals surface area contributed by atoms with E-state index >= 15 is 0 Å². The molecule has 3 N–H and O–H groups in total. The molecule has 0 saturated carbocycles. The summed E-state index contributed by atoms with van der Waals surface area (Å²) >= 11 is 0. The van der Waals surface area contributed by atoms with E-state index in [9.17, 15) is 4.79 Å². The number of anilines is 1. The van der Waals surface area contributed by atoms with Crippen LogP contribution in [0.2, 0.25) is 0 Å². The van der Waals surface area contributed by atoms with E-state index in [1.807, 2.05) is 0 Å². The maximum absolute atomic E-state index is 11.4. The lowest BCUT2D eigenvalue weighted by molar-refractivity contribution is 0.233. The number of hydrogen-bond acceptors (Lipinski definition) is 4. The van der Waals surface area contributed by atoms with Crippen molar-refractivity contribution in [3.8, 4) is 0 Å². The number of carbonyl (C=O) groups excluding carboxylic acids is 1. The van der Waals surface area contributed by atoms with Gasteiger partial charge >= 0.3 is 6.03 Å². The smallest absolute Gasteiger partial charge is 0.321 e. The van der Waals surface area contributed by atoms with Gasteiger partial charge in [-0.25, -0.2) is 4.79 Å². The lowest BCUT2D eigenvalue weighted by Crippen LogP contribution is -2.46. The quantitative estimate of drug-likeness (QED) is 0.706. The van der Waals surface area contributed by atoms with Gasteiger partial charge in [-0.15, -0.1) is 0 Å². The lowest BCUT2D eigenvalue weighted by Gasteiger charge is -2.27. The summed E-state index contributed by atoms with van der Waals surface area (Å²) in [6.45, 7) is 5.67. The molecule has 2 amide bonds. The second kappa shape index (κ2) is 6.27. The van der Waals surface area contributed by atoms with Gasteiger partial charge in [-0.1, -0.05) is 0 Å². The summed E-state index contributed by atoms with van der Waals surface area (Å²) in [5.74, 6) is 0.463. The lowest BCUT2D eigenvalue weighted by atomic mass is 10.3. The van der Waals surface area contributed by atoms with E-state index in [4.69, 9.17) is 4.42 Å². The first-order valence-electron chi connectivity index (χ1n) is 5.86. The van der Waals surface area contributed by atoms with Crippen molar-refractivity contribution >= 4 is 11.9 Å². The van der Waals surface area contributed by atoms with Gasteiger partial charge in [0.15, 0.2) is 0 Å². The standard InChI is InChI=1S/C11H18N4O2/c16-11(14-10-2-1-9-17-10)13-5-8-15-6-3-12-4-7-15/h1-2,9,12H,3-8H2,(H2,13,14,16). The summed E-state index contributed by atoms with van der Waals surface area (Å²) in [4.78, 5) is 13.8. The third-order valence-electron chi connectivity index (χ3n) is 2.68. The van der Waals surface area contributed by atoms with E-state index in [0.717, 1.165) is 32.7 Å². The predicted molar refractivity (Wildman–Crippen MR) is 65.0 cm³/mol. The largest absolute Gasteiger partial charge is 0.449 e. The highest BCUT2D eigenvalue weighted by Gasteiger charge is 2.09. The molecule has 0 aliphatic carbocycles. The van der Waals surface area contributed by atoms with Crippen molar-refractivity contribution < 1.29 is 9.21 Å². The zero-order valence-corrected chi connectivity index (χ0v) is 9.74. The molecule has 1 aliphatic rings. The van der Waals surface area contributed by atoms with Gasteiger partial charge in [0.25, 0.3) is 0 Å². The molecule has 1 saturated heterocycles. The number of amides is 2. The van der Waals surface area contributed by atoms with Crippen molar-refractivity contribution in [1.82, 2.24) is 15.5 Å². The van der Waals surface area contributed by atoms with Crippen LogP contribution in [0.4, 0.5) is 10.7 Å². The van der Waals surface area contributed by atoms with Crippen LogP contribution >= 0.6 is 0 Å². The first-order valence-corrected chi connectivity index (χ1v) is 5.86. The number of nitrogens with zero attached hydrogens (tertiary/aromatic N) is 1. The van der Waals surface area contributed by atoms with Crippen molar-refractivity contribution in [2.24, 2.45) is 0 Å². The fourth-order valence-electron chi connectivity index (χ4n) is 1.77. The molecule has 6 heteroatoms. The van der Waals surface area contributed by atoms with Crippen LogP contribution in [0.3, 0.4) is 0 Å². The van der Waals surface area contributed by atoms with Crippen LogP contribution in [-0.2, 0) is 0 Å². The Hall–Kier alpha value is -1.53. The van der Waals surface area contributed by atoms with E-state index < -0.39 is 0 Å². The summed E-state index contributed by atoms with van der Waals surface area (Å²) in [6, 6.07) is 3.21. The molecule has 6 nitrogen and oxygen atoms in total. The van der Waals surface area contributed by atoms with Gasteiger partial charge in [0, 0.05) is 45.3 Å². The molecule has 0 spiro atoms. The highest BCUT2D eigenvalue weighted by Crippen LogP contribution is 2.05. The van der Waals surface area contributed by atoms with E-state index in [-0.39, 0.29) is 6.03 Å². The third-order valence-corrected chi connectivity index (χ3v) is 2.68. The summed E-state index contributed by atoms with van der Waals surface area (Å²) in [7, 11) is 0. The molecule has 1 fully saturated rings. The summed E-state index contributed by atoms with van der Waals surface area (Å²) < 4.78 is 5.01. The zero-order valence-electron chi connectivity index (χ0n) is 9.74. The second-order valence-corrected chi connectivity index (χ2v) is 3.95. The molecule has 1 aromatic rings. The molecular weight excluding hydrogens is 220 g/mol. The van der Waals surface area contributed by atoms with Crippen LogP contribution in [0.25, 0.3) is 0 Å². The van der Waals surface area contributed by atoms with Gasteiger partial charge in [0.1, 0.15) is 0 Å². The molecule has 94 valence electrons. The Kier molecular flexibility index (Phi) is 4.40. The molecule has 0 aromatic carbocycles. The number of urea groups is 1. The van der Waals surface area contributed by atoms with Crippen LogP contribution in [0.5, 0.6) is 0 Å². The Labute approximate surface area is 100 Å². The number of carbonyl (C=O) groups is 1. The number of piperazine rings is 1. The normalized spacial score (nSPS) is 16.7. The Bertz CT molecular complexity index is 333. The molecular formula is C11H18N4O2. The van der Waals surface area contributed by atoms with Gasteiger partial charge in [0.2, 0.25) is 5.88 Å². The van der Waals surface area contributed by atoms with Crippen LogP contribution in [0.1, 0.15) is 0 Å². The monoisotopic (exact) mass is 238 g/mol. The molecule has 0 atom stereocenters. The molecule has 2 heterocycles. The average Bonchev–Trinajstić information content (AvgIpc) is 2.83. The molecule has 17 heavy (non-hydrogen) atoms. The van der Waals surface area contributed by atoms with E-state index in [1.54, 1.807) is 12.1 Å². The summed E-state index contributed by atoms with van der Waals surface area (Å²) in [6.07, 6.45) is 1.52. The molecule has 0 unspecified atom stereocenters. The van der Waals surface area contributed by atoms with Crippen LogP contribution in [0, 0.1) is 0 Å². The van der Waals surface area contributed by atoms with E-state index in [0.29, 0.717) is 12.4 Å². The predicted octanol–water partition coefficient (Wildman–Crippen LogP) is 0.306. The van der Waals surface area contributed by atoms with Gasteiger partial charge in [-0.05, 0) is 6.07 Å². The number of nitrogens with one attached hydrogen (secondary N) is 3. The van der Waals surface area contributed by atoms with E-state index in [2.05, 4.69) is 20.9 Å². The maximum Gasteiger partial charge on any atom is 0.321 e. The van der Waals surface area contributed by atoms with Crippen LogP contribution in [-0.4, -0.2) is 50.2 Å². The third kappa shape index (κ3) is 4.08. The number of rotatable bonds is 4. The zero-order chi connectivity index (χ0) is 11.9. The van der Waals surface area contributed by atoms with Gasteiger partial charge in [-0.3, -0.25) is 10.2 Å². The number of hydrogen-bond donors (Lipinski definition) is 3. The minimum atomic E-state index is -0.227. The van der Waals surface area contributed by atoms with Crippen LogP contribution < -0.4 is 16.0 Å². The number of furan rings is 1. The molecule has 1 aromatic heterocycles. The second-order valence-electron chi connectivity index (χ2n) is 3.95. The Morgan fingerprint density at radius 1 is 1.47 bits per heavy atom. The van der Waals surface area contributed by atoms with Gasteiger partial charge in [-0.2, -0.15) is 0 Å². The Morgan fingerprint density at radius 2 is 2.29 bits per heavy atom. The first-order chi connectivity index (χ1) is 8.34. The van der Waals surface area contributed by atoms with Crippen molar-refractivity contribution in [3.63, 3.8) is 0 Å². The molecule has 0 bridgehead atoms. The highest BCUT2D eigenvalue weighted by atomic mass is 16.3. The topological polar surface area (TPSA) is 69.5 Å². The first kappa shape index (κ1) is 11.9. The minimum absolute atomic E-state index is 0.227. The van der Waals surface area contributed by atoms with Crippen LogP contribution in [0.15, 0.2) is 22.8 Å². The highest BCUT2D eigenvalue weighted by molar-refractivity contribution is 5.87. The molecule has 1 aliphatic heterocycles. The van der Waals surface area contributed by atoms with Crippen molar-refractivity contribution in [1.29, 1.82) is 0 Å².